The first-order valence-electron chi connectivity index (χ1n) is 6.47. The number of aromatic nitrogens is 1. The molecule has 1 aromatic rings. The molecule has 1 heterocycles. The van der Waals surface area contributed by atoms with Crippen LogP contribution in [0.1, 0.15) is 42.0 Å². The van der Waals surface area contributed by atoms with E-state index in [1.807, 2.05) is 13.1 Å². The third-order valence-electron chi connectivity index (χ3n) is 3.72. The first kappa shape index (κ1) is 13.0. The summed E-state index contributed by atoms with van der Waals surface area (Å²) in [6, 6.07) is 0. The fourth-order valence-corrected chi connectivity index (χ4v) is 3.39. The number of nitrogens with one attached hydrogen (secondary N) is 1. The van der Waals surface area contributed by atoms with Gasteiger partial charge in [0.25, 0.3) is 0 Å². The smallest absolute Gasteiger partial charge is 0.0897 e. The van der Waals surface area contributed by atoms with Crippen molar-refractivity contribution in [1.29, 1.82) is 0 Å². The van der Waals surface area contributed by atoms with Gasteiger partial charge in [-0.25, -0.2) is 4.98 Å². The molecule has 0 unspecified atom stereocenters. The third-order valence-corrected chi connectivity index (χ3v) is 4.63. The molecule has 2 N–H and O–H groups in total. The fraction of sp³-hybridized carbons (Fsp3) is 0.769. The van der Waals surface area contributed by atoms with E-state index in [0.29, 0.717) is 6.61 Å². The summed E-state index contributed by atoms with van der Waals surface area (Å²) >= 11 is 1.74. The van der Waals surface area contributed by atoms with Crippen molar-refractivity contribution in [3.8, 4) is 0 Å². The van der Waals surface area contributed by atoms with Crippen LogP contribution in [0.5, 0.6) is 0 Å². The molecule has 0 amide bonds. The molecular weight excluding hydrogens is 232 g/mol. The summed E-state index contributed by atoms with van der Waals surface area (Å²) in [5.41, 5.74) is 0.137. The molecule has 1 aromatic heterocycles. The van der Waals surface area contributed by atoms with Gasteiger partial charge in [0, 0.05) is 36.2 Å². The molecule has 96 valence electrons. The molecule has 4 heteroatoms. The zero-order valence-electron chi connectivity index (χ0n) is 10.5. The number of thiazole rings is 1. The van der Waals surface area contributed by atoms with Gasteiger partial charge in [0.15, 0.2) is 0 Å². The second-order valence-corrected chi connectivity index (χ2v) is 6.49. The minimum Gasteiger partial charge on any atom is -0.396 e. The zero-order chi connectivity index (χ0) is 12.1. The maximum Gasteiger partial charge on any atom is 0.0897 e. The van der Waals surface area contributed by atoms with Gasteiger partial charge in [-0.15, -0.1) is 11.3 Å². The topological polar surface area (TPSA) is 45.2 Å². The van der Waals surface area contributed by atoms with Gasteiger partial charge in [-0.3, -0.25) is 0 Å². The highest BCUT2D eigenvalue weighted by Crippen LogP contribution is 2.35. The summed E-state index contributed by atoms with van der Waals surface area (Å²) in [4.78, 5) is 5.53. The lowest BCUT2D eigenvalue weighted by atomic mass is 9.74. The molecule has 0 saturated heterocycles. The Labute approximate surface area is 107 Å². The molecule has 1 aliphatic rings. The highest BCUT2D eigenvalue weighted by atomic mass is 32.1. The Balaban J connectivity index is 1.79. The molecular formula is C13H22N2OS. The average molecular weight is 254 g/mol. The Bertz CT molecular complexity index is 345. The van der Waals surface area contributed by atoms with Gasteiger partial charge in [0.1, 0.15) is 0 Å². The minimum atomic E-state index is 0.137. The second kappa shape index (κ2) is 5.94. The summed E-state index contributed by atoms with van der Waals surface area (Å²) < 4.78 is 0. The Morgan fingerprint density at radius 1 is 1.41 bits per heavy atom. The number of aliphatic hydroxyl groups is 1. The first-order valence-corrected chi connectivity index (χ1v) is 7.29. The third kappa shape index (κ3) is 3.50. The van der Waals surface area contributed by atoms with Crippen LogP contribution in [0.3, 0.4) is 0 Å². The number of aliphatic hydroxyl groups excluding tert-OH is 1. The molecule has 1 aliphatic carbocycles. The number of nitrogens with zero attached hydrogens (tertiary/aromatic N) is 1. The Morgan fingerprint density at radius 3 is 2.76 bits per heavy atom. The summed E-state index contributed by atoms with van der Waals surface area (Å²) in [6.45, 7) is 4.17. The van der Waals surface area contributed by atoms with Gasteiger partial charge >= 0.3 is 0 Å². The van der Waals surface area contributed by atoms with E-state index in [2.05, 4.69) is 10.3 Å². The predicted molar refractivity (Wildman–Crippen MR) is 71.2 cm³/mol. The van der Waals surface area contributed by atoms with Crippen LogP contribution in [0, 0.1) is 12.3 Å². The highest BCUT2D eigenvalue weighted by molar-refractivity contribution is 7.11. The van der Waals surface area contributed by atoms with E-state index >= 15 is 0 Å². The molecule has 3 nitrogen and oxygen atoms in total. The summed E-state index contributed by atoms with van der Waals surface area (Å²) in [7, 11) is 0. The number of rotatable bonds is 5. The van der Waals surface area contributed by atoms with E-state index in [4.69, 9.17) is 0 Å². The molecule has 0 aliphatic heterocycles. The van der Waals surface area contributed by atoms with Crippen molar-refractivity contribution in [3.05, 3.63) is 16.1 Å². The quantitative estimate of drug-likeness (QED) is 0.848. The molecule has 1 fully saturated rings. The summed E-state index contributed by atoms with van der Waals surface area (Å²) in [5.74, 6) is 0. The van der Waals surface area contributed by atoms with E-state index in [-0.39, 0.29) is 5.41 Å². The first-order chi connectivity index (χ1) is 8.24. The van der Waals surface area contributed by atoms with Crippen molar-refractivity contribution in [2.75, 3.05) is 13.2 Å². The van der Waals surface area contributed by atoms with Crippen LogP contribution in [0.2, 0.25) is 0 Å². The van der Waals surface area contributed by atoms with Crippen molar-refractivity contribution >= 4 is 11.3 Å². The maximum atomic E-state index is 9.59. The Morgan fingerprint density at radius 2 is 2.18 bits per heavy atom. The SMILES string of the molecule is Cc1ncc(CNCC2(CO)CCCCC2)s1. The van der Waals surface area contributed by atoms with E-state index < -0.39 is 0 Å². The van der Waals surface area contributed by atoms with Crippen molar-refractivity contribution in [2.45, 2.75) is 45.6 Å². The average Bonchev–Trinajstić information content (AvgIpc) is 2.76. The summed E-state index contributed by atoms with van der Waals surface area (Å²) in [5, 5.41) is 14.2. The zero-order valence-corrected chi connectivity index (χ0v) is 11.4. The molecule has 0 aromatic carbocycles. The molecule has 0 spiro atoms. The van der Waals surface area contributed by atoms with Crippen LogP contribution in [-0.2, 0) is 6.54 Å². The largest absolute Gasteiger partial charge is 0.396 e. The van der Waals surface area contributed by atoms with Gasteiger partial charge in [0.2, 0.25) is 0 Å². The predicted octanol–water partition coefficient (Wildman–Crippen LogP) is 2.48. The lowest BCUT2D eigenvalue weighted by Crippen LogP contribution is -2.38. The van der Waals surface area contributed by atoms with Crippen LogP contribution < -0.4 is 5.32 Å². The molecule has 2 rings (SSSR count). The standard InChI is InChI=1S/C13H22N2OS/c1-11-15-8-12(17-11)7-14-9-13(10-16)5-3-2-4-6-13/h8,14,16H,2-7,9-10H2,1H3. The van der Waals surface area contributed by atoms with Crippen molar-refractivity contribution in [3.63, 3.8) is 0 Å². The van der Waals surface area contributed by atoms with E-state index in [9.17, 15) is 5.11 Å². The van der Waals surface area contributed by atoms with Gasteiger partial charge in [-0.2, -0.15) is 0 Å². The van der Waals surface area contributed by atoms with Crippen molar-refractivity contribution in [1.82, 2.24) is 10.3 Å². The molecule has 1 saturated carbocycles. The van der Waals surface area contributed by atoms with Crippen LogP contribution in [-0.4, -0.2) is 23.2 Å². The Hall–Kier alpha value is -0.450. The second-order valence-electron chi connectivity index (χ2n) is 5.17. The van der Waals surface area contributed by atoms with Crippen LogP contribution >= 0.6 is 11.3 Å². The van der Waals surface area contributed by atoms with Crippen LogP contribution in [0.25, 0.3) is 0 Å². The normalized spacial score (nSPS) is 19.4. The minimum absolute atomic E-state index is 0.137. The van der Waals surface area contributed by atoms with Gasteiger partial charge in [0.05, 0.1) is 5.01 Å². The van der Waals surface area contributed by atoms with E-state index in [0.717, 1.165) is 30.9 Å². The number of hydrogen-bond donors (Lipinski definition) is 2. The molecule has 0 bridgehead atoms. The molecule has 0 radical (unpaired) electrons. The number of hydrogen-bond acceptors (Lipinski definition) is 4. The van der Waals surface area contributed by atoms with Crippen LogP contribution in [0.4, 0.5) is 0 Å². The van der Waals surface area contributed by atoms with E-state index in [1.54, 1.807) is 11.3 Å². The fourth-order valence-electron chi connectivity index (χ4n) is 2.63. The van der Waals surface area contributed by atoms with Gasteiger partial charge in [-0.1, -0.05) is 19.3 Å². The number of aryl methyl sites for hydroxylation is 1. The van der Waals surface area contributed by atoms with Crippen LogP contribution in [0.15, 0.2) is 6.20 Å². The lowest BCUT2D eigenvalue weighted by molar-refractivity contribution is 0.0811. The molecule has 17 heavy (non-hydrogen) atoms. The van der Waals surface area contributed by atoms with Gasteiger partial charge in [-0.05, 0) is 19.8 Å². The molecule has 0 atom stereocenters. The summed E-state index contributed by atoms with van der Waals surface area (Å²) in [6.07, 6.45) is 8.13. The van der Waals surface area contributed by atoms with E-state index in [1.165, 1.54) is 24.1 Å². The van der Waals surface area contributed by atoms with Crippen molar-refractivity contribution < 1.29 is 5.11 Å². The highest BCUT2D eigenvalue weighted by Gasteiger charge is 2.30. The maximum absolute atomic E-state index is 9.59. The van der Waals surface area contributed by atoms with Crippen molar-refractivity contribution in [2.24, 2.45) is 5.41 Å². The lowest BCUT2D eigenvalue weighted by Gasteiger charge is -2.35. The van der Waals surface area contributed by atoms with Gasteiger partial charge < -0.3 is 10.4 Å². The monoisotopic (exact) mass is 254 g/mol. The Kier molecular flexibility index (Phi) is 4.54.